The lowest BCUT2D eigenvalue weighted by atomic mass is 9.83. The molecule has 1 N–H and O–H groups in total. The fraction of sp³-hybridized carbons (Fsp3) is 0.412. The van der Waals surface area contributed by atoms with Gasteiger partial charge in [0, 0.05) is 12.0 Å². The van der Waals surface area contributed by atoms with Gasteiger partial charge >= 0.3 is 0 Å². The molecule has 1 aliphatic carbocycles. The summed E-state index contributed by atoms with van der Waals surface area (Å²) in [5.41, 5.74) is 2.77. The molecule has 3 rings (SSSR count). The number of aryl methyl sites for hydroxylation is 1. The summed E-state index contributed by atoms with van der Waals surface area (Å²) in [7, 11) is 0. The van der Waals surface area contributed by atoms with Crippen LogP contribution in [0.3, 0.4) is 0 Å². The van der Waals surface area contributed by atoms with Gasteiger partial charge in [-0.15, -0.1) is 0 Å². The molecule has 0 saturated heterocycles. The third-order valence-corrected chi connectivity index (χ3v) is 4.26. The van der Waals surface area contributed by atoms with Crippen LogP contribution in [-0.4, -0.2) is 14.7 Å². The van der Waals surface area contributed by atoms with Crippen molar-refractivity contribution in [2.24, 2.45) is 0 Å². The van der Waals surface area contributed by atoms with Crippen molar-refractivity contribution in [2.75, 3.05) is 0 Å². The first-order valence-electron chi connectivity index (χ1n) is 7.44. The largest absolute Gasteiger partial charge is 0.387 e. The summed E-state index contributed by atoms with van der Waals surface area (Å²) in [4.78, 5) is 16.5. The average molecular weight is 284 g/mol. The molecule has 1 heterocycles. The fourth-order valence-corrected chi connectivity index (χ4v) is 2.58. The SMILES string of the molecule is Cc1ccc(C(O)Cn2cnc(C3CCC3)cc2=O)cc1. The Morgan fingerprint density at radius 1 is 1.33 bits per heavy atom. The van der Waals surface area contributed by atoms with E-state index >= 15 is 0 Å². The molecule has 1 saturated carbocycles. The van der Waals surface area contributed by atoms with Gasteiger partial charge in [-0.3, -0.25) is 9.36 Å². The maximum Gasteiger partial charge on any atom is 0.253 e. The van der Waals surface area contributed by atoms with Crippen LogP contribution in [0.1, 0.15) is 48.1 Å². The molecule has 1 aromatic heterocycles. The van der Waals surface area contributed by atoms with Crippen LogP contribution in [0.2, 0.25) is 0 Å². The van der Waals surface area contributed by atoms with Crippen molar-refractivity contribution in [1.29, 1.82) is 0 Å². The van der Waals surface area contributed by atoms with Gasteiger partial charge in [0.05, 0.1) is 24.7 Å². The molecule has 1 atom stereocenters. The number of aliphatic hydroxyl groups is 1. The molecule has 0 amide bonds. The van der Waals surface area contributed by atoms with E-state index in [0.29, 0.717) is 5.92 Å². The van der Waals surface area contributed by atoms with Gasteiger partial charge in [0.15, 0.2) is 0 Å². The van der Waals surface area contributed by atoms with Gasteiger partial charge in [-0.1, -0.05) is 36.2 Å². The number of benzene rings is 1. The van der Waals surface area contributed by atoms with E-state index < -0.39 is 6.10 Å². The van der Waals surface area contributed by atoms with Crippen LogP contribution in [0.15, 0.2) is 41.5 Å². The van der Waals surface area contributed by atoms with Crippen LogP contribution in [0.4, 0.5) is 0 Å². The third kappa shape index (κ3) is 3.05. The summed E-state index contributed by atoms with van der Waals surface area (Å²) in [5, 5.41) is 10.2. The molecule has 1 aromatic carbocycles. The maximum atomic E-state index is 12.1. The normalized spacial score (nSPS) is 16.5. The van der Waals surface area contributed by atoms with Gasteiger partial charge < -0.3 is 5.11 Å². The molecular weight excluding hydrogens is 264 g/mol. The lowest BCUT2D eigenvalue weighted by molar-refractivity contribution is 0.154. The summed E-state index contributed by atoms with van der Waals surface area (Å²) in [5.74, 6) is 0.453. The van der Waals surface area contributed by atoms with E-state index in [0.717, 1.165) is 29.7 Å². The highest BCUT2D eigenvalue weighted by Gasteiger charge is 2.21. The smallest absolute Gasteiger partial charge is 0.253 e. The minimum absolute atomic E-state index is 0.0851. The van der Waals surface area contributed by atoms with Crippen molar-refractivity contribution in [2.45, 2.75) is 44.8 Å². The Kier molecular flexibility index (Phi) is 3.88. The molecule has 110 valence electrons. The molecule has 1 aliphatic rings. The van der Waals surface area contributed by atoms with Crippen LogP contribution in [-0.2, 0) is 6.54 Å². The Morgan fingerprint density at radius 2 is 2.05 bits per heavy atom. The number of rotatable bonds is 4. The first-order chi connectivity index (χ1) is 10.1. The van der Waals surface area contributed by atoms with Gasteiger partial charge in [0.25, 0.3) is 5.56 Å². The molecule has 4 heteroatoms. The summed E-state index contributed by atoms with van der Waals surface area (Å²) >= 11 is 0. The van der Waals surface area contributed by atoms with E-state index in [1.165, 1.54) is 11.0 Å². The number of nitrogens with zero attached hydrogens (tertiary/aromatic N) is 2. The molecule has 0 bridgehead atoms. The molecule has 1 unspecified atom stereocenters. The van der Waals surface area contributed by atoms with Crippen LogP contribution in [0, 0.1) is 6.92 Å². The van der Waals surface area contributed by atoms with Gasteiger partial charge in [0.2, 0.25) is 0 Å². The summed E-state index contributed by atoms with van der Waals surface area (Å²) < 4.78 is 1.48. The predicted octanol–water partition coefficient (Wildman–Crippen LogP) is 2.55. The molecule has 21 heavy (non-hydrogen) atoms. The Labute approximate surface area is 124 Å². The van der Waals surface area contributed by atoms with Crippen molar-refractivity contribution < 1.29 is 5.11 Å². The predicted molar refractivity (Wildman–Crippen MR) is 81.2 cm³/mol. The molecule has 1 fully saturated rings. The van der Waals surface area contributed by atoms with Crippen LogP contribution >= 0.6 is 0 Å². The number of hydrogen-bond donors (Lipinski definition) is 1. The Bertz CT molecular complexity index is 672. The Morgan fingerprint density at radius 3 is 2.62 bits per heavy atom. The second kappa shape index (κ2) is 5.82. The molecule has 2 aromatic rings. The summed E-state index contributed by atoms with van der Waals surface area (Å²) in [6.45, 7) is 2.24. The van der Waals surface area contributed by atoms with Crippen molar-refractivity contribution in [3.63, 3.8) is 0 Å². The van der Waals surface area contributed by atoms with E-state index in [2.05, 4.69) is 4.98 Å². The van der Waals surface area contributed by atoms with E-state index in [4.69, 9.17) is 0 Å². The van der Waals surface area contributed by atoms with E-state index in [1.807, 2.05) is 31.2 Å². The summed E-state index contributed by atoms with van der Waals surface area (Å²) in [6, 6.07) is 9.31. The van der Waals surface area contributed by atoms with Gasteiger partial charge in [-0.2, -0.15) is 0 Å². The minimum atomic E-state index is -0.695. The van der Waals surface area contributed by atoms with Crippen LogP contribution in [0.25, 0.3) is 0 Å². The lowest BCUT2D eigenvalue weighted by Gasteiger charge is -2.24. The van der Waals surface area contributed by atoms with E-state index in [-0.39, 0.29) is 12.1 Å². The molecule has 0 radical (unpaired) electrons. The Hall–Kier alpha value is -1.94. The first kappa shape index (κ1) is 14.0. The topological polar surface area (TPSA) is 55.1 Å². The number of aliphatic hydroxyl groups excluding tert-OH is 1. The highest BCUT2D eigenvalue weighted by Crippen LogP contribution is 2.34. The van der Waals surface area contributed by atoms with Gasteiger partial charge in [-0.25, -0.2) is 4.98 Å². The standard InChI is InChI=1S/C17H20N2O2/c1-12-5-7-14(8-6-12)16(20)10-19-11-18-15(9-17(19)21)13-3-2-4-13/h5-9,11,13,16,20H,2-4,10H2,1H3. The van der Waals surface area contributed by atoms with Crippen molar-refractivity contribution >= 4 is 0 Å². The quantitative estimate of drug-likeness (QED) is 0.938. The first-order valence-corrected chi connectivity index (χ1v) is 7.44. The van der Waals surface area contributed by atoms with E-state index in [9.17, 15) is 9.90 Å². The van der Waals surface area contributed by atoms with Crippen molar-refractivity contribution in [3.8, 4) is 0 Å². The number of aromatic nitrogens is 2. The second-order valence-electron chi connectivity index (χ2n) is 5.86. The second-order valence-corrected chi connectivity index (χ2v) is 5.86. The molecule has 4 nitrogen and oxygen atoms in total. The highest BCUT2D eigenvalue weighted by atomic mass is 16.3. The number of hydrogen-bond acceptors (Lipinski definition) is 3. The average Bonchev–Trinajstić information content (AvgIpc) is 2.40. The zero-order chi connectivity index (χ0) is 14.8. The van der Waals surface area contributed by atoms with Crippen molar-refractivity contribution in [1.82, 2.24) is 9.55 Å². The molecule has 0 aliphatic heterocycles. The Balaban J connectivity index is 1.75. The molecular formula is C17H20N2O2. The zero-order valence-corrected chi connectivity index (χ0v) is 12.2. The van der Waals surface area contributed by atoms with Crippen LogP contribution in [0.5, 0.6) is 0 Å². The lowest BCUT2D eigenvalue weighted by Crippen LogP contribution is -2.25. The maximum absolute atomic E-state index is 12.1. The summed E-state index contributed by atoms with van der Waals surface area (Å²) in [6.07, 6.45) is 4.35. The van der Waals surface area contributed by atoms with Crippen LogP contribution < -0.4 is 5.56 Å². The fourth-order valence-electron chi connectivity index (χ4n) is 2.58. The highest BCUT2D eigenvalue weighted by molar-refractivity contribution is 5.23. The zero-order valence-electron chi connectivity index (χ0n) is 12.2. The molecule has 0 spiro atoms. The third-order valence-electron chi connectivity index (χ3n) is 4.26. The van der Waals surface area contributed by atoms with Crippen molar-refractivity contribution in [3.05, 3.63) is 63.8 Å². The monoisotopic (exact) mass is 284 g/mol. The van der Waals surface area contributed by atoms with E-state index in [1.54, 1.807) is 12.4 Å². The van der Waals surface area contributed by atoms with Gasteiger partial charge in [0.1, 0.15) is 0 Å². The minimum Gasteiger partial charge on any atom is -0.387 e. The van der Waals surface area contributed by atoms with Gasteiger partial charge in [-0.05, 0) is 25.3 Å².